The monoisotopic (exact) mass is 504 g/mol. The van der Waals surface area contributed by atoms with Gasteiger partial charge in [0.05, 0.1) is 0 Å². The van der Waals surface area contributed by atoms with E-state index in [4.69, 9.17) is 0 Å². The highest BCUT2D eigenvalue weighted by Crippen LogP contribution is 2.37. The molecule has 2 unspecified atom stereocenters. The van der Waals surface area contributed by atoms with Crippen LogP contribution < -0.4 is 0 Å². The van der Waals surface area contributed by atoms with Gasteiger partial charge in [0.1, 0.15) is 10.7 Å². The van der Waals surface area contributed by atoms with E-state index >= 15 is 0 Å². The zero-order valence-corrected chi connectivity index (χ0v) is 21.3. The third-order valence-corrected chi connectivity index (χ3v) is 10.0. The molecule has 0 amide bonds. The summed E-state index contributed by atoms with van der Waals surface area (Å²) in [6.45, 7) is 6.53. The van der Waals surface area contributed by atoms with Gasteiger partial charge in [-0.15, -0.1) is 0 Å². The largest absolute Gasteiger partial charge is 0.504 e. The minimum atomic E-state index is -3.71. The molecule has 0 aliphatic carbocycles. The first-order chi connectivity index (χ1) is 16.7. The Morgan fingerprint density at radius 2 is 1.09 bits per heavy atom. The quantitative estimate of drug-likeness (QED) is 0.365. The van der Waals surface area contributed by atoms with Crippen LogP contribution in [0.15, 0.2) is 24.3 Å². The lowest BCUT2D eigenvalue weighted by molar-refractivity contribution is 0.138. The summed E-state index contributed by atoms with van der Waals surface area (Å²) in [6.07, 6.45) is 3.28. The average molecular weight is 505 g/mol. The summed E-state index contributed by atoms with van der Waals surface area (Å²) in [5, 5.41) is 39.1. The Kier molecular flexibility index (Phi) is 7.49. The van der Waals surface area contributed by atoms with E-state index < -0.39 is 20.6 Å². The molecule has 0 bridgehead atoms. The van der Waals surface area contributed by atoms with Gasteiger partial charge in [-0.1, -0.05) is 26.0 Å². The molecule has 0 spiro atoms. The molecule has 2 atom stereocenters. The maximum atomic E-state index is 14.3. The van der Waals surface area contributed by atoms with Crippen LogP contribution in [0.4, 0.5) is 0 Å². The van der Waals surface area contributed by atoms with Gasteiger partial charge in [0.25, 0.3) is 0 Å². The third kappa shape index (κ3) is 4.81. The van der Waals surface area contributed by atoms with E-state index in [0.29, 0.717) is 50.1 Å². The standard InChI is InChI=1S/C26H36N2O6S/c1-3-19-17(7-9-21(29)25(19)31)15-23(27-11-5-12-27)35(33,34)24(28-13-6-14-28)16-18-8-10-22(30)26(32)20(18)4-2/h7-10,23-24,29-32H,3-6,11-16H2,1-2H3. The summed E-state index contributed by atoms with van der Waals surface area (Å²) in [5.74, 6) is -0.772. The first-order valence-electron chi connectivity index (χ1n) is 12.4. The van der Waals surface area contributed by atoms with Gasteiger partial charge in [0.15, 0.2) is 32.8 Å². The minimum absolute atomic E-state index is 0.184. The highest BCUT2D eigenvalue weighted by Gasteiger charge is 2.44. The SMILES string of the molecule is CCc1c(CC(N2CCC2)S(=O)(=O)C(Cc2ccc(O)c(O)c2CC)N2CCC2)ccc(O)c1O. The van der Waals surface area contributed by atoms with Gasteiger partial charge in [-0.05, 0) is 48.9 Å². The average Bonchev–Trinajstić information content (AvgIpc) is 2.75. The lowest BCUT2D eigenvalue weighted by atomic mass is 9.99. The lowest BCUT2D eigenvalue weighted by Crippen LogP contribution is -2.58. The number of benzene rings is 2. The van der Waals surface area contributed by atoms with Crippen LogP contribution in [0.2, 0.25) is 0 Å². The van der Waals surface area contributed by atoms with Crippen LogP contribution in [-0.4, -0.2) is 75.6 Å². The summed E-state index contributed by atoms with van der Waals surface area (Å²) < 4.78 is 28.6. The smallest absolute Gasteiger partial charge is 0.183 e. The molecule has 4 N–H and O–H groups in total. The van der Waals surface area contributed by atoms with Gasteiger partial charge in [0.2, 0.25) is 0 Å². The molecule has 0 radical (unpaired) electrons. The van der Waals surface area contributed by atoms with E-state index in [1.807, 2.05) is 23.6 Å². The van der Waals surface area contributed by atoms with E-state index in [2.05, 4.69) is 0 Å². The Balaban J connectivity index is 1.72. The van der Waals surface area contributed by atoms with E-state index in [-0.39, 0.29) is 35.8 Å². The van der Waals surface area contributed by atoms with Crippen LogP contribution in [0.1, 0.15) is 48.9 Å². The first-order valence-corrected chi connectivity index (χ1v) is 14.1. The lowest BCUT2D eigenvalue weighted by Gasteiger charge is -2.44. The van der Waals surface area contributed by atoms with Gasteiger partial charge < -0.3 is 20.4 Å². The molecule has 2 heterocycles. The highest BCUT2D eigenvalue weighted by molar-refractivity contribution is 7.92. The summed E-state index contributed by atoms with van der Waals surface area (Å²) in [5.41, 5.74) is 2.59. The van der Waals surface area contributed by atoms with Crippen molar-refractivity contribution < 1.29 is 28.8 Å². The number of aromatic hydroxyl groups is 4. The Bertz CT molecular complexity index is 1090. The summed E-state index contributed by atoms with van der Waals surface area (Å²) in [6, 6.07) is 6.26. The molecule has 0 saturated carbocycles. The van der Waals surface area contributed by atoms with Gasteiger partial charge in [-0.25, -0.2) is 8.42 Å². The fourth-order valence-corrected chi connectivity index (χ4v) is 7.66. The Labute approximate surface area is 207 Å². The molecule has 35 heavy (non-hydrogen) atoms. The van der Waals surface area contributed by atoms with Crippen molar-refractivity contribution in [1.29, 1.82) is 0 Å². The van der Waals surface area contributed by atoms with Gasteiger partial charge in [0, 0.05) is 50.1 Å². The second-order valence-electron chi connectivity index (χ2n) is 9.53. The Hall–Kier alpha value is -2.49. The molecule has 0 aromatic heterocycles. The molecule has 2 aliphatic heterocycles. The zero-order valence-electron chi connectivity index (χ0n) is 20.4. The van der Waals surface area contributed by atoms with E-state index in [9.17, 15) is 28.8 Å². The molecule has 8 nitrogen and oxygen atoms in total. The second kappa shape index (κ2) is 10.2. The molecule has 2 aromatic rings. The van der Waals surface area contributed by atoms with Gasteiger partial charge in [-0.2, -0.15) is 0 Å². The normalized spacial score (nSPS) is 18.6. The first kappa shape index (κ1) is 25.6. The van der Waals surface area contributed by atoms with Crippen molar-refractivity contribution in [3.63, 3.8) is 0 Å². The highest BCUT2D eigenvalue weighted by atomic mass is 32.2. The Morgan fingerprint density at radius 1 is 0.714 bits per heavy atom. The second-order valence-corrected chi connectivity index (χ2v) is 11.8. The number of rotatable bonds is 10. The minimum Gasteiger partial charge on any atom is -0.504 e. The molecule has 4 rings (SSSR count). The zero-order chi connectivity index (χ0) is 25.3. The molecule has 9 heteroatoms. The van der Waals surface area contributed by atoms with Crippen molar-refractivity contribution in [2.45, 2.75) is 63.1 Å². The van der Waals surface area contributed by atoms with Crippen molar-refractivity contribution in [3.05, 3.63) is 46.5 Å². The number of likely N-dealkylation sites (tertiary alicyclic amines) is 2. The van der Waals surface area contributed by atoms with Gasteiger partial charge >= 0.3 is 0 Å². The molecule has 2 saturated heterocycles. The van der Waals surface area contributed by atoms with Crippen molar-refractivity contribution >= 4 is 9.84 Å². The van der Waals surface area contributed by atoms with Crippen molar-refractivity contribution in [3.8, 4) is 23.0 Å². The fraction of sp³-hybridized carbons (Fsp3) is 0.538. The van der Waals surface area contributed by atoms with Crippen LogP contribution >= 0.6 is 0 Å². The van der Waals surface area contributed by atoms with E-state index in [1.54, 1.807) is 12.1 Å². The number of sulfone groups is 1. The molecule has 192 valence electrons. The summed E-state index contributed by atoms with van der Waals surface area (Å²) in [7, 11) is -3.71. The third-order valence-electron chi connectivity index (χ3n) is 7.57. The Morgan fingerprint density at radius 3 is 1.37 bits per heavy atom. The predicted octanol–water partition coefficient (Wildman–Crippen LogP) is 2.90. The maximum Gasteiger partial charge on any atom is 0.183 e. The molecule has 2 aliphatic rings. The molecule has 2 aromatic carbocycles. The van der Waals surface area contributed by atoms with E-state index in [0.717, 1.165) is 24.0 Å². The van der Waals surface area contributed by atoms with Crippen molar-refractivity contribution in [2.24, 2.45) is 0 Å². The fourth-order valence-electron chi connectivity index (χ4n) is 5.22. The topological polar surface area (TPSA) is 122 Å². The summed E-state index contributed by atoms with van der Waals surface area (Å²) in [4.78, 5) is 3.97. The maximum absolute atomic E-state index is 14.3. The van der Waals surface area contributed by atoms with Gasteiger partial charge in [-0.3, -0.25) is 9.80 Å². The summed E-state index contributed by atoms with van der Waals surface area (Å²) >= 11 is 0. The number of phenols is 4. The molecule has 2 fully saturated rings. The van der Waals surface area contributed by atoms with Crippen LogP contribution in [-0.2, 0) is 35.5 Å². The number of phenolic OH excluding ortho intramolecular Hbond substituents is 4. The number of hydrogen-bond donors (Lipinski definition) is 4. The van der Waals surface area contributed by atoms with Crippen LogP contribution in [0.5, 0.6) is 23.0 Å². The van der Waals surface area contributed by atoms with Crippen molar-refractivity contribution in [1.82, 2.24) is 9.80 Å². The van der Waals surface area contributed by atoms with Crippen LogP contribution in [0.3, 0.4) is 0 Å². The van der Waals surface area contributed by atoms with E-state index in [1.165, 1.54) is 12.1 Å². The van der Waals surface area contributed by atoms with Crippen molar-refractivity contribution in [2.75, 3.05) is 26.2 Å². The van der Waals surface area contributed by atoms with Crippen LogP contribution in [0.25, 0.3) is 0 Å². The number of hydrogen-bond acceptors (Lipinski definition) is 8. The predicted molar refractivity (Wildman–Crippen MR) is 135 cm³/mol. The van der Waals surface area contributed by atoms with Crippen LogP contribution in [0, 0.1) is 0 Å². The molecular formula is C26H36N2O6S. The number of nitrogens with zero attached hydrogens (tertiary/aromatic N) is 2. The molecular weight excluding hydrogens is 468 g/mol.